The zero-order chi connectivity index (χ0) is 22.7. The van der Waals surface area contributed by atoms with Crippen molar-refractivity contribution in [3.63, 3.8) is 0 Å². The average Bonchev–Trinajstić information content (AvgIpc) is 3.38. The van der Waals surface area contributed by atoms with Crippen LogP contribution in [-0.2, 0) is 19.1 Å². The number of hydrogen-bond donors (Lipinski definition) is 3. The van der Waals surface area contributed by atoms with Crippen LogP contribution in [0, 0.1) is 0 Å². The quantitative estimate of drug-likeness (QED) is 0.612. The molecule has 2 amide bonds. The zero-order valence-electron chi connectivity index (χ0n) is 17.7. The van der Waals surface area contributed by atoms with Gasteiger partial charge in [-0.3, -0.25) is 4.79 Å². The van der Waals surface area contributed by atoms with Crippen LogP contribution >= 0.6 is 0 Å². The van der Waals surface area contributed by atoms with Gasteiger partial charge in [-0.05, 0) is 35.1 Å². The first-order valence-electron chi connectivity index (χ1n) is 10.8. The summed E-state index contributed by atoms with van der Waals surface area (Å²) in [4.78, 5) is 36.2. The van der Waals surface area contributed by atoms with Gasteiger partial charge in [0.2, 0.25) is 0 Å². The number of amides is 2. The molecule has 4 rings (SSSR count). The summed E-state index contributed by atoms with van der Waals surface area (Å²) in [5.41, 5.74) is 4.51. The van der Waals surface area contributed by atoms with Crippen molar-refractivity contribution >= 4 is 18.0 Å². The van der Waals surface area contributed by atoms with E-state index in [0.29, 0.717) is 6.42 Å². The third-order valence-electron chi connectivity index (χ3n) is 6.02. The summed E-state index contributed by atoms with van der Waals surface area (Å²) in [5, 5.41) is 14.3. The number of fused-ring (bicyclic) bond motifs is 3. The molecule has 1 saturated heterocycles. The second-order valence-corrected chi connectivity index (χ2v) is 7.96. The maximum atomic E-state index is 12.5. The number of benzene rings is 2. The van der Waals surface area contributed by atoms with Gasteiger partial charge in [-0.1, -0.05) is 55.5 Å². The summed E-state index contributed by atoms with van der Waals surface area (Å²) in [6.45, 7) is 2.12. The van der Waals surface area contributed by atoms with E-state index in [2.05, 4.69) is 22.8 Å². The molecule has 0 radical (unpaired) electrons. The second-order valence-electron chi connectivity index (χ2n) is 7.96. The van der Waals surface area contributed by atoms with Crippen molar-refractivity contribution in [1.29, 1.82) is 0 Å². The monoisotopic (exact) mass is 438 g/mol. The lowest BCUT2D eigenvalue weighted by Gasteiger charge is -2.22. The van der Waals surface area contributed by atoms with E-state index in [1.54, 1.807) is 6.92 Å². The highest BCUT2D eigenvalue weighted by Crippen LogP contribution is 2.44. The molecule has 8 heteroatoms. The highest BCUT2D eigenvalue weighted by atomic mass is 16.6. The van der Waals surface area contributed by atoms with Crippen molar-refractivity contribution in [2.75, 3.05) is 13.2 Å². The first kappa shape index (κ1) is 21.8. The molecule has 3 atom stereocenters. The summed E-state index contributed by atoms with van der Waals surface area (Å²) in [6, 6.07) is 14.5. The summed E-state index contributed by atoms with van der Waals surface area (Å²) in [6.07, 6.45) is -0.904. The smallest absolute Gasteiger partial charge is 0.407 e. The number of aliphatic carboxylic acids is 1. The number of hydrogen-bond acceptors (Lipinski definition) is 5. The van der Waals surface area contributed by atoms with E-state index in [1.807, 2.05) is 36.4 Å². The van der Waals surface area contributed by atoms with E-state index in [4.69, 9.17) is 14.6 Å². The molecule has 0 aromatic heterocycles. The number of carbonyl (C=O) groups is 3. The van der Waals surface area contributed by atoms with Crippen LogP contribution in [-0.4, -0.2) is 54.5 Å². The van der Waals surface area contributed by atoms with Gasteiger partial charge in [0.15, 0.2) is 6.10 Å². The molecule has 1 heterocycles. The van der Waals surface area contributed by atoms with E-state index in [-0.39, 0.29) is 25.6 Å². The molecule has 0 saturated carbocycles. The topological polar surface area (TPSA) is 114 Å². The van der Waals surface area contributed by atoms with E-state index in [1.165, 1.54) is 0 Å². The van der Waals surface area contributed by atoms with Crippen LogP contribution in [0.4, 0.5) is 4.79 Å². The molecule has 1 aliphatic heterocycles. The number of alkyl carbamates (subject to hydrolysis) is 1. The molecule has 168 valence electrons. The predicted octanol–water partition coefficient (Wildman–Crippen LogP) is 2.66. The Balaban J connectivity index is 1.37. The predicted molar refractivity (Wildman–Crippen MR) is 116 cm³/mol. The van der Waals surface area contributed by atoms with Gasteiger partial charge in [0.1, 0.15) is 12.6 Å². The van der Waals surface area contributed by atoms with Gasteiger partial charge >= 0.3 is 12.1 Å². The van der Waals surface area contributed by atoms with E-state index in [9.17, 15) is 14.4 Å². The Kier molecular flexibility index (Phi) is 6.41. The molecule has 32 heavy (non-hydrogen) atoms. The molecule has 0 spiro atoms. The molecule has 2 aromatic carbocycles. The molecule has 0 bridgehead atoms. The van der Waals surface area contributed by atoms with Crippen molar-refractivity contribution in [3.8, 4) is 11.1 Å². The molecule has 1 aliphatic carbocycles. The maximum absolute atomic E-state index is 12.5. The minimum atomic E-state index is -1.11. The summed E-state index contributed by atoms with van der Waals surface area (Å²) in [5.74, 6) is -1.73. The molecule has 1 fully saturated rings. The lowest BCUT2D eigenvalue weighted by molar-refractivity contribution is -0.143. The molecule has 2 aromatic rings. The second kappa shape index (κ2) is 9.40. The van der Waals surface area contributed by atoms with Crippen molar-refractivity contribution in [2.24, 2.45) is 0 Å². The van der Waals surface area contributed by atoms with Gasteiger partial charge in [-0.2, -0.15) is 0 Å². The fraction of sp³-hybridized carbons (Fsp3) is 0.375. The molecular formula is C24H26N2O6. The third kappa shape index (κ3) is 4.31. The Morgan fingerprint density at radius 1 is 1.09 bits per heavy atom. The van der Waals surface area contributed by atoms with Gasteiger partial charge in [0.25, 0.3) is 5.91 Å². The lowest BCUT2D eigenvalue weighted by atomic mass is 9.98. The van der Waals surface area contributed by atoms with Crippen LogP contribution in [0.2, 0.25) is 0 Å². The Hall–Kier alpha value is -3.39. The van der Waals surface area contributed by atoms with Gasteiger partial charge in [0.05, 0.1) is 6.04 Å². The average molecular weight is 438 g/mol. The number of rotatable bonds is 7. The van der Waals surface area contributed by atoms with Crippen molar-refractivity contribution in [1.82, 2.24) is 10.6 Å². The summed E-state index contributed by atoms with van der Waals surface area (Å²) >= 11 is 0. The number of nitrogens with one attached hydrogen (secondary N) is 2. The van der Waals surface area contributed by atoms with Crippen LogP contribution in [0.3, 0.4) is 0 Å². The Morgan fingerprint density at radius 3 is 2.31 bits per heavy atom. The van der Waals surface area contributed by atoms with E-state index < -0.39 is 36.2 Å². The van der Waals surface area contributed by atoms with Gasteiger partial charge in [-0.15, -0.1) is 0 Å². The minimum Gasteiger partial charge on any atom is -0.480 e. The third-order valence-corrected chi connectivity index (χ3v) is 6.02. The highest BCUT2D eigenvalue weighted by Gasteiger charge is 2.37. The van der Waals surface area contributed by atoms with Crippen molar-refractivity contribution in [3.05, 3.63) is 59.7 Å². The molecule has 2 aliphatic rings. The van der Waals surface area contributed by atoms with E-state index >= 15 is 0 Å². The summed E-state index contributed by atoms with van der Waals surface area (Å²) < 4.78 is 11.0. The summed E-state index contributed by atoms with van der Waals surface area (Å²) in [7, 11) is 0. The van der Waals surface area contributed by atoms with Crippen LogP contribution in [0.5, 0.6) is 0 Å². The van der Waals surface area contributed by atoms with Crippen molar-refractivity contribution in [2.45, 2.75) is 43.9 Å². The Morgan fingerprint density at radius 2 is 1.72 bits per heavy atom. The van der Waals surface area contributed by atoms with Crippen LogP contribution < -0.4 is 10.6 Å². The van der Waals surface area contributed by atoms with Crippen LogP contribution in [0.1, 0.15) is 36.8 Å². The molecule has 0 unspecified atom stereocenters. The number of carboxylic acid groups (broad SMARTS) is 1. The number of carbonyl (C=O) groups excluding carboxylic acids is 2. The fourth-order valence-electron chi connectivity index (χ4n) is 4.38. The Bertz CT molecular complexity index is 978. The zero-order valence-corrected chi connectivity index (χ0v) is 17.7. The normalized spacial score (nSPS) is 20.2. The SMILES string of the molecule is CC[C@H](NC(=O)[C@@H]1OCC[C@@H]1NC(=O)OCC1c2ccccc2-c2ccccc21)C(=O)O. The lowest BCUT2D eigenvalue weighted by Crippen LogP contribution is -2.52. The number of ether oxygens (including phenoxy) is 2. The number of carboxylic acids is 1. The van der Waals surface area contributed by atoms with Gasteiger partial charge in [0, 0.05) is 12.5 Å². The van der Waals surface area contributed by atoms with Gasteiger partial charge < -0.3 is 25.2 Å². The first-order chi connectivity index (χ1) is 15.5. The minimum absolute atomic E-state index is 0.0621. The highest BCUT2D eigenvalue weighted by molar-refractivity contribution is 5.87. The van der Waals surface area contributed by atoms with Gasteiger partial charge in [-0.25, -0.2) is 9.59 Å². The molecular weight excluding hydrogens is 412 g/mol. The Labute approximate surface area is 185 Å². The maximum Gasteiger partial charge on any atom is 0.407 e. The first-order valence-corrected chi connectivity index (χ1v) is 10.8. The van der Waals surface area contributed by atoms with Crippen molar-refractivity contribution < 1.29 is 29.0 Å². The largest absolute Gasteiger partial charge is 0.480 e. The standard InChI is InChI=1S/C24H26N2O6/c1-2-19(23(28)29)25-22(27)21-20(11-12-31-21)26-24(30)32-13-18-16-9-5-3-7-14(16)15-8-4-6-10-17(15)18/h3-10,18-21H,2,11-13H2,1H3,(H,25,27)(H,26,30)(H,28,29)/t19-,20-,21+/m0/s1. The molecule has 3 N–H and O–H groups in total. The van der Waals surface area contributed by atoms with Crippen LogP contribution in [0.25, 0.3) is 11.1 Å². The molecule has 8 nitrogen and oxygen atoms in total. The van der Waals surface area contributed by atoms with E-state index in [0.717, 1.165) is 22.3 Å². The van der Waals surface area contributed by atoms with Crippen LogP contribution in [0.15, 0.2) is 48.5 Å². The fourth-order valence-corrected chi connectivity index (χ4v) is 4.38.